The summed E-state index contributed by atoms with van der Waals surface area (Å²) in [6, 6.07) is 8.64. The molecular formula is C26H31F2N5O3. The maximum absolute atomic E-state index is 13.3. The van der Waals surface area contributed by atoms with Crippen molar-refractivity contribution < 1.29 is 23.0 Å². The first-order valence-corrected chi connectivity index (χ1v) is 12.5. The van der Waals surface area contributed by atoms with E-state index >= 15 is 0 Å². The molecule has 0 radical (unpaired) electrons. The Morgan fingerprint density at radius 3 is 2.75 bits per heavy atom. The van der Waals surface area contributed by atoms with Gasteiger partial charge in [-0.15, -0.1) is 0 Å². The highest BCUT2D eigenvalue weighted by Gasteiger charge is 2.34. The average Bonchev–Trinajstić information content (AvgIpc) is 3.48. The van der Waals surface area contributed by atoms with Crippen LogP contribution in [0.2, 0.25) is 0 Å². The molecule has 2 atom stereocenters. The van der Waals surface area contributed by atoms with Crippen molar-refractivity contribution in [3.63, 3.8) is 0 Å². The molecule has 1 saturated heterocycles. The fourth-order valence-corrected chi connectivity index (χ4v) is 5.26. The van der Waals surface area contributed by atoms with Gasteiger partial charge < -0.3 is 14.8 Å². The van der Waals surface area contributed by atoms with E-state index in [1.807, 2.05) is 19.9 Å². The molecule has 5 rings (SSSR count). The quantitative estimate of drug-likeness (QED) is 0.523. The number of ether oxygens (including phenoxy) is 2. The number of benzene rings is 1. The van der Waals surface area contributed by atoms with Crippen LogP contribution >= 0.6 is 0 Å². The number of amides is 1. The van der Waals surface area contributed by atoms with Crippen LogP contribution in [0.5, 0.6) is 5.75 Å². The van der Waals surface area contributed by atoms with Gasteiger partial charge >= 0.3 is 6.61 Å². The molecule has 3 aromatic rings. The summed E-state index contributed by atoms with van der Waals surface area (Å²) in [5.41, 5.74) is 2.94. The Hall–Kier alpha value is -3.11. The highest BCUT2D eigenvalue weighted by molar-refractivity contribution is 5.99. The molecule has 1 unspecified atom stereocenters. The normalized spacial score (nSPS) is 20.9. The van der Waals surface area contributed by atoms with Crippen LogP contribution in [-0.4, -0.2) is 70.6 Å². The number of nitrogens with zero attached hydrogens (tertiary/aromatic N) is 4. The molecule has 8 nitrogen and oxygen atoms in total. The van der Waals surface area contributed by atoms with Gasteiger partial charge in [-0.2, -0.15) is 13.9 Å². The first-order chi connectivity index (χ1) is 17.4. The lowest BCUT2D eigenvalue weighted by Crippen LogP contribution is -2.52. The monoisotopic (exact) mass is 499 g/mol. The third-order valence-electron chi connectivity index (χ3n) is 6.94. The fourth-order valence-electron chi connectivity index (χ4n) is 5.26. The second-order valence-electron chi connectivity index (χ2n) is 9.61. The molecule has 1 aromatic carbocycles. The summed E-state index contributed by atoms with van der Waals surface area (Å²) in [7, 11) is 0. The van der Waals surface area contributed by atoms with Gasteiger partial charge in [-0.1, -0.05) is 12.1 Å². The topological polar surface area (TPSA) is 81.5 Å². The van der Waals surface area contributed by atoms with E-state index in [1.165, 1.54) is 12.1 Å². The minimum Gasteiger partial charge on any atom is -0.435 e. The van der Waals surface area contributed by atoms with Gasteiger partial charge in [0.05, 0.1) is 24.3 Å². The molecule has 3 heterocycles. The van der Waals surface area contributed by atoms with E-state index in [0.29, 0.717) is 33.9 Å². The van der Waals surface area contributed by atoms with Crippen molar-refractivity contribution >= 4 is 16.9 Å². The van der Waals surface area contributed by atoms with Crippen LogP contribution in [0.1, 0.15) is 49.5 Å². The number of fused-ring (bicyclic) bond motifs is 1. The Balaban J connectivity index is 1.42. The van der Waals surface area contributed by atoms with Crippen molar-refractivity contribution in [2.75, 3.05) is 26.3 Å². The van der Waals surface area contributed by atoms with Gasteiger partial charge in [0.1, 0.15) is 17.0 Å². The Morgan fingerprint density at radius 1 is 1.19 bits per heavy atom. The minimum absolute atomic E-state index is 0.00221. The highest BCUT2D eigenvalue weighted by atomic mass is 19.3. The first kappa shape index (κ1) is 24.6. The van der Waals surface area contributed by atoms with E-state index in [2.05, 4.69) is 19.9 Å². The first-order valence-electron chi connectivity index (χ1n) is 12.5. The number of nitrogens with one attached hydrogen (secondary N) is 1. The van der Waals surface area contributed by atoms with Gasteiger partial charge in [0, 0.05) is 43.0 Å². The van der Waals surface area contributed by atoms with E-state index in [4.69, 9.17) is 9.84 Å². The van der Waals surface area contributed by atoms with Crippen LogP contribution in [0.25, 0.3) is 22.3 Å². The van der Waals surface area contributed by atoms with Crippen LogP contribution in [0, 0.1) is 0 Å². The molecular weight excluding hydrogens is 468 g/mol. The summed E-state index contributed by atoms with van der Waals surface area (Å²) in [5, 5.41) is 7.96. The molecule has 1 aliphatic heterocycles. The molecule has 10 heteroatoms. The van der Waals surface area contributed by atoms with E-state index in [9.17, 15) is 13.6 Å². The third kappa shape index (κ3) is 5.05. The smallest absolute Gasteiger partial charge is 0.387 e. The second kappa shape index (κ2) is 10.5. The number of carbonyl (C=O) groups excluding carboxylic acids is 1. The standard InChI is InChI=1S/C26H31F2N5O3/c1-16(2)33-22-14-18(25(34)30-20-7-4-8-21(20)32-9-11-35-12-10-32)15-29-24(22)23(31-33)17-5-3-6-19(13-17)36-26(27)28/h3,5-6,13-16,20-21,26H,4,7-12H2,1-2H3,(H,30,34)/t20-,21?/m1/s1. The number of alkyl halides is 2. The second-order valence-corrected chi connectivity index (χ2v) is 9.61. The molecule has 1 amide bonds. The molecule has 0 spiro atoms. The van der Waals surface area contributed by atoms with Gasteiger partial charge in [-0.05, 0) is 51.3 Å². The third-order valence-corrected chi connectivity index (χ3v) is 6.94. The number of pyridine rings is 1. The maximum Gasteiger partial charge on any atom is 0.387 e. The zero-order chi connectivity index (χ0) is 25.2. The Morgan fingerprint density at radius 2 is 2.00 bits per heavy atom. The van der Waals surface area contributed by atoms with Crippen molar-refractivity contribution in [1.29, 1.82) is 0 Å². The molecule has 192 valence electrons. The lowest BCUT2D eigenvalue weighted by Gasteiger charge is -2.35. The van der Waals surface area contributed by atoms with Gasteiger partial charge in [0.25, 0.3) is 5.91 Å². The number of halogens is 2. The molecule has 36 heavy (non-hydrogen) atoms. The number of rotatable bonds is 7. The molecule has 2 aliphatic rings. The summed E-state index contributed by atoms with van der Waals surface area (Å²) in [6.45, 7) is 4.32. The molecule has 1 N–H and O–H groups in total. The van der Waals surface area contributed by atoms with E-state index in [-0.39, 0.29) is 23.7 Å². The Bertz CT molecular complexity index is 1230. The average molecular weight is 500 g/mol. The van der Waals surface area contributed by atoms with Crippen molar-refractivity contribution in [3.05, 3.63) is 42.1 Å². The van der Waals surface area contributed by atoms with Gasteiger partial charge in [0.15, 0.2) is 0 Å². The summed E-state index contributed by atoms with van der Waals surface area (Å²) in [5.74, 6) is -0.0999. The summed E-state index contributed by atoms with van der Waals surface area (Å²) < 4.78 is 37.3. The van der Waals surface area contributed by atoms with Crippen molar-refractivity contribution in [1.82, 2.24) is 25.0 Å². The number of carbonyl (C=O) groups is 1. The molecule has 1 aliphatic carbocycles. The van der Waals surface area contributed by atoms with Crippen molar-refractivity contribution in [3.8, 4) is 17.0 Å². The van der Waals surface area contributed by atoms with E-state index in [1.54, 1.807) is 23.0 Å². The minimum atomic E-state index is -2.91. The number of hydrogen-bond donors (Lipinski definition) is 1. The van der Waals surface area contributed by atoms with Gasteiger partial charge in [0.2, 0.25) is 0 Å². The highest BCUT2D eigenvalue weighted by Crippen LogP contribution is 2.31. The Kier molecular flexibility index (Phi) is 7.15. The van der Waals surface area contributed by atoms with E-state index < -0.39 is 6.61 Å². The zero-order valence-electron chi connectivity index (χ0n) is 20.5. The summed E-state index contributed by atoms with van der Waals surface area (Å²) in [4.78, 5) is 20.3. The van der Waals surface area contributed by atoms with Gasteiger partial charge in [-0.3, -0.25) is 19.4 Å². The molecule has 0 bridgehead atoms. The lowest BCUT2D eigenvalue weighted by atomic mass is 10.1. The Labute approximate surface area is 208 Å². The summed E-state index contributed by atoms with van der Waals surface area (Å²) in [6.07, 6.45) is 4.67. The SMILES string of the molecule is CC(C)n1nc(-c2cccc(OC(F)F)c2)c2ncc(C(=O)N[C@@H]3CCCC3N3CCOCC3)cc21. The van der Waals surface area contributed by atoms with Crippen molar-refractivity contribution in [2.24, 2.45) is 0 Å². The van der Waals surface area contributed by atoms with Gasteiger partial charge in [-0.25, -0.2) is 0 Å². The zero-order valence-corrected chi connectivity index (χ0v) is 20.5. The van der Waals surface area contributed by atoms with Crippen LogP contribution < -0.4 is 10.1 Å². The largest absolute Gasteiger partial charge is 0.435 e. The fraction of sp³-hybridized carbons (Fsp3) is 0.500. The summed E-state index contributed by atoms with van der Waals surface area (Å²) >= 11 is 0. The number of hydrogen-bond acceptors (Lipinski definition) is 6. The van der Waals surface area contributed by atoms with Crippen LogP contribution in [-0.2, 0) is 4.74 Å². The number of aromatic nitrogens is 3. The van der Waals surface area contributed by atoms with Crippen molar-refractivity contribution in [2.45, 2.75) is 57.8 Å². The molecule has 1 saturated carbocycles. The van der Waals surface area contributed by atoms with Crippen LogP contribution in [0.4, 0.5) is 8.78 Å². The predicted molar refractivity (Wildman–Crippen MR) is 131 cm³/mol. The predicted octanol–water partition coefficient (Wildman–Crippen LogP) is 4.26. The lowest BCUT2D eigenvalue weighted by molar-refractivity contribution is -0.0498. The van der Waals surface area contributed by atoms with Crippen LogP contribution in [0.15, 0.2) is 36.5 Å². The number of morpholine rings is 1. The van der Waals surface area contributed by atoms with Crippen LogP contribution in [0.3, 0.4) is 0 Å². The molecule has 2 fully saturated rings. The van der Waals surface area contributed by atoms with E-state index in [0.717, 1.165) is 45.6 Å². The maximum atomic E-state index is 13.3. The molecule has 2 aromatic heterocycles.